The Morgan fingerprint density at radius 2 is 2.03 bits per heavy atom. The summed E-state index contributed by atoms with van der Waals surface area (Å²) in [5.41, 5.74) is 3.51. The Morgan fingerprint density at radius 3 is 2.78 bits per heavy atom. The lowest BCUT2D eigenvalue weighted by Crippen LogP contribution is -2.59. The normalized spacial score (nSPS) is 18.7. The van der Waals surface area contributed by atoms with Crippen LogP contribution in [0.2, 0.25) is 0 Å². The summed E-state index contributed by atoms with van der Waals surface area (Å²) in [5, 5.41) is 24.9. The number of carboxylic acid groups (broad SMARTS) is 1. The highest BCUT2D eigenvalue weighted by molar-refractivity contribution is 5.77. The summed E-state index contributed by atoms with van der Waals surface area (Å²) in [7, 11) is 1.62. The topological polar surface area (TPSA) is 134 Å². The molecule has 1 spiro atoms. The monoisotopic (exact) mass is 489 g/mol. The molecule has 0 bridgehead atoms. The van der Waals surface area contributed by atoms with Crippen LogP contribution >= 0.6 is 0 Å². The Labute approximate surface area is 210 Å². The van der Waals surface area contributed by atoms with E-state index in [4.69, 9.17) is 9.97 Å². The van der Waals surface area contributed by atoms with Crippen molar-refractivity contribution in [2.75, 3.05) is 43.4 Å². The first-order valence-electron chi connectivity index (χ1n) is 12.5. The Balaban J connectivity index is 1.44. The molecule has 188 valence electrons. The second-order valence-corrected chi connectivity index (χ2v) is 10.1. The number of amides is 2. The number of fused-ring (bicyclic) bond motifs is 1. The molecule has 1 atom stereocenters. The molecule has 0 saturated carbocycles. The van der Waals surface area contributed by atoms with E-state index in [1.165, 1.54) is 4.90 Å². The summed E-state index contributed by atoms with van der Waals surface area (Å²) in [6.45, 7) is 2.63. The van der Waals surface area contributed by atoms with Crippen molar-refractivity contribution >= 4 is 23.8 Å². The highest BCUT2D eigenvalue weighted by Crippen LogP contribution is 2.41. The number of hydrogen-bond donors (Lipinski definition) is 3. The average molecular weight is 490 g/mol. The molecule has 2 fully saturated rings. The first kappa shape index (κ1) is 23.9. The molecular formula is C26H31N7O3. The maximum absolute atomic E-state index is 12.4. The van der Waals surface area contributed by atoms with Crippen LogP contribution in [-0.4, -0.2) is 65.2 Å². The van der Waals surface area contributed by atoms with Gasteiger partial charge in [0.1, 0.15) is 5.82 Å². The minimum atomic E-state index is -0.863. The van der Waals surface area contributed by atoms with Crippen LogP contribution in [0.25, 0.3) is 0 Å². The lowest BCUT2D eigenvalue weighted by molar-refractivity contribution is -0.120. The molecule has 2 aromatic rings. The van der Waals surface area contributed by atoms with E-state index in [0.717, 1.165) is 67.8 Å². The SMILES string of the molecule is CNC(=O)C[C@H](Nc1nc(N2CCC3(CN(C(=O)O)C3)C2)nc2c1CCCC2)c1cccc(C#N)c1. The predicted molar refractivity (Wildman–Crippen MR) is 134 cm³/mol. The number of carbonyl (C=O) groups is 2. The smallest absolute Gasteiger partial charge is 0.407 e. The largest absolute Gasteiger partial charge is 0.465 e. The van der Waals surface area contributed by atoms with Crippen molar-refractivity contribution in [3.8, 4) is 6.07 Å². The van der Waals surface area contributed by atoms with Crippen LogP contribution in [0, 0.1) is 16.7 Å². The number of carbonyl (C=O) groups excluding carboxylic acids is 1. The van der Waals surface area contributed by atoms with Gasteiger partial charge in [-0.25, -0.2) is 9.78 Å². The van der Waals surface area contributed by atoms with Gasteiger partial charge in [0, 0.05) is 44.2 Å². The van der Waals surface area contributed by atoms with Gasteiger partial charge < -0.3 is 25.5 Å². The number of benzene rings is 1. The van der Waals surface area contributed by atoms with Crippen molar-refractivity contribution in [3.63, 3.8) is 0 Å². The fourth-order valence-corrected chi connectivity index (χ4v) is 5.63. The molecule has 2 saturated heterocycles. The van der Waals surface area contributed by atoms with Crippen LogP contribution in [0.4, 0.5) is 16.6 Å². The highest BCUT2D eigenvalue weighted by Gasteiger charge is 2.50. The second-order valence-electron chi connectivity index (χ2n) is 10.1. The quantitative estimate of drug-likeness (QED) is 0.564. The molecule has 36 heavy (non-hydrogen) atoms. The van der Waals surface area contributed by atoms with Gasteiger partial charge in [0.25, 0.3) is 0 Å². The molecule has 5 rings (SSSR count). The van der Waals surface area contributed by atoms with Crippen molar-refractivity contribution in [2.45, 2.75) is 44.6 Å². The van der Waals surface area contributed by atoms with Crippen molar-refractivity contribution in [1.82, 2.24) is 20.2 Å². The average Bonchev–Trinajstić information content (AvgIpc) is 3.33. The van der Waals surface area contributed by atoms with E-state index >= 15 is 0 Å². The molecule has 3 aliphatic rings. The third-order valence-corrected chi connectivity index (χ3v) is 7.61. The number of rotatable bonds is 6. The second kappa shape index (κ2) is 9.64. The summed E-state index contributed by atoms with van der Waals surface area (Å²) in [5.74, 6) is 1.30. The Morgan fingerprint density at radius 1 is 1.22 bits per heavy atom. The minimum Gasteiger partial charge on any atom is -0.465 e. The van der Waals surface area contributed by atoms with Gasteiger partial charge in [0.15, 0.2) is 0 Å². The molecule has 2 aliphatic heterocycles. The molecule has 0 unspecified atom stereocenters. The number of hydrogen-bond acceptors (Lipinski definition) is 7. The van der Waals surface area contributed by atoms with Gasteiger partial charge in [-0.1, -0.05) is 12.1 Å². The number of aromatic nitrogens is 2. The maximum atomic E-state index is 12.4. The van der Waals surface area contributed by atoms with Gasteiger partial charge in [-0.15, -0.1) is 0 Å². The molecule has 3 heterocycles. The third-order valence-electron chi connectivity index (χ3n) is 7.61. The highest BCUT2D eigenvalue weighted by atomic mass is 16.4. The first-order chi connectivity index (χ1) is 17.4. The molecule has 3 N–H and O–H groups in total. The maximum Gasteiger partial charge on any atom is 0.407 e. The van der Waals surface area contributed by atoms with Gasteiger partial charge >= 0.3 is 6.09 Å². The van der Waals surface area contributed by atoms with Crippen LogP contribution in [-0.2, 0) is 17.6 Å². The van der Waals surface area contributed by atoms with E-state index in [-0.39, 0.29) is 23.8 Å². The first-order valence-corrected chi connectivity index (χ1v) is 12.5. The molecule has 1 aromatic heterocycles. The number of likely N-dealkylation sites (tertiary alicyclic amines) is 1. The Kier molecular flexibility index (Phi) is 6.39. The zero-order valence-electron chi connectivity index (χ0n) is 20.5. The summed E-state index contributed by atoms with van der Waals surface area (Å²) in [6.07, 6.45) is 4.16. The van der Waals surface area contributed by atoms with Crippen LogP contribution in [0.1, 0.15) is 54.1 Å². The Bertz CT molecular complexity index is 1220. The minimum absolute atomic E-state index is 0.0231. The van der Waals surface area contributed by atoms with Crippen molar-refractivity contribution in [1.29, 1.82) is 5.26 Å². The fourth-order valence-electron chi connectivity index (χ4n) is 5.63. The van der Waals surface area contributed by atoms with Crippen LogP contribution in [0.3, 0.4) is 0 Å². The summed E-state index contributed by atoms with van der Waals surface area (Å²) < 4.78 is 0. The molecule has 1 aliphatic carbocycles. The van der Waals surface area contributed by atoms with E-state index in [0.29, 0.717) is 24.6 Å². The zero-order chi connectivity index (χ0) is 25.3. The van der Waals surface area contributed by atoms with Gasteiger partial charge in [-0.2, -0.15) is 10.2 Å². The van der Waals surface area contributed by atoms with Crippen molar-refractivity contribution in [2.24, 2.45) is 5.41 Å². The van der Waals surface area contributed by atoms with Gasteiger partial charge in [0.05, 0.1) is 29.8 Å². The number of nitriles is 1. The standard InChI is InChI=1S/C26H31N7O3/c1-28-22(34)12-21(18-6-4-5-17(11-18)13-27)29-23-19-7-2-3-8-20(19)30-24(31-23)32-10-9-26(14-32)15-33(16-26)25(35)36/h4-6,11,21H,2-3,7-10,12,14-16H2,1H3,(H,28,34)(H,35,36)(H,29,30,31)/t21-/m0/s1. The zero-order valence-corrected chi connectivity index (χ0v) is 20.5. The predicted octanol–water partition coefficient (Wildman–Crippen LogP) is 2.71. The number of nitrogens with zero attached hydrogens (tertiary/aromatic N) is 5. The lowest BCUT2D eigenvalue weighted by atomic mass is 9.79. The van der Waals surface area contributed by atoms with Gasteiger partial charge in [0.2, 0.25) is 11.9 Å². The molecule has 10 heteroatoms. The molecular weight excluding hydrogens is 458 g/mol. The number of nitrogens with one attached hydrogen (secondary N) is 2. The van der Waals surface area contributed by atoms with Crippen LogP contribution in [0.5, 0.6) is 0 Å². The summed E-state index contributed by atoms with van der Waals surface area (Å²) >= 11 is 0. The van der Waals surface area contributed by atoms with E-state index < -0.39 is 6.09 Å². The van der Waals surface area contributed by atoms with E-state index in [1.807, 2.05) is 18.2 Å². The van der Waals surface area contributed by atoms with E-state index in [9.17, 15) is 20.0 Å². The van der Waals surface area contributed by atoms with Crippen molar-refractivity contribution in [3.05, 3.63) is 46.6 Å². The summed E-state index contributed by atoms with van der Waals surface area (Å²) in [4.78, 5) is 37.2. The van der Waals surface area contributed by atoms with Gasteiger partial charge in [-0.05, 0) is 49.8 Å². The summed E-state index contributed by atoms with van der Waals surface area (Å²) in [6, 6.07) is 9.13. The number of anilines is 2. The third kappa shape index (κ3) is 4.65. The lowest BCUT2D eigenvalue weighted by Gasteiger charge is -2.46. The molecule has 1 aromatic carbocycles. The molecule has 2 amide bonds. The van der Waals surface area contributed by atoms with Gasteiger partial charge in [-0.3, -0.25) is 4.79 Å². The van der Waals surface area contributed by atoms with E-state index in [1.54, 1.807) is 13.1 Å². The van der Waals surface area contributed by atoms with Crippen LogP contribution < -0.4 is 15.5 Å². The van der Waals surface area contributed by atoms with Crippen LogP contribution in [0.15, 0.2) is 24.3 Å². The van der Waals surface area contributed by atoms with Crippen molar-refractivity contribution < 1.29 is 14.7 Å². The van der Waals surface area contributed by atoms with E-state index in [2.05, 4.69) is 21.6 Å². The Hall–Kier alpha value is -3.87. The molecule has 10 nitrogen and oxygen atoms in total. The fraction of sp³-hybridized carbons (Fsp3) is 0.500. The molecule has 0 radical (unpaired) electrons. The number of aryl methyl sites for hydroxylation is 1.